The summed E-state index contributed by atoms with van der Waals surface area (Å²) in [5, 5.41) is 2.73. The molecule has 0 rings (SSSR count). The first-order chi connectivity index (χ1) is 8.26. The smallest absolute Gasteiger partial charge is 0.372 e. The highest BCUT2D eigenvalue weighted by Crippen LogP contribution is 2.14. The molecule has 1 unspecified atom stereocenters. The number of hydrogen-bond acceptors (Lipinski definition) is 3. The standard InChI is InChI=1S/C11H21F3N2O2/c1-8(2)9(3-5-15)16-10(17)4-6-18-7-11(12,13)14/h8-9H,3-7,15H2,1-2H3,(H,16,17). The van der Waals surface area contributed by atoms with Crippen molar-refractivity contribution in [2.45, 2.75) is 38.9 Å². The molecule has 0 bridgehead atoms. The Labute approximate surface area is 105 Å². The highest BCUT2D eigenvalue weighted by Gasteiger charge is 2.27. The van der Waals surface area contributed by atoms with Gasteiger partial charge in [0, 0.05) is 12.5 Å². The third kappa shape index (κ3) is 9.23. The van der Waals surface area contributed by atoms with Crippen LogP contribution in [0.25, 0.3) is 0 Å². The molecule has 0 aliphatic carbocycles. The van der Waals surface area contributed by atoms with Crippen molar-refractivity contribution in [2.24, 2.45) is 11.7 Å². The molecule has 1 amide bonds. The van der Waals surface area contributed by atoms with Gasteiger partial charge >= 0.3 is 6.18 Å². The van der Waals surface area contributed by atoms with E-state index >= 15 is 0 Å². The largest absolute Gasteiger partial charge is 0.411 e. The summed E-state index contributed by atoms with van der Waals surface area (Å²) in [7, 11) is 0. The molecule has 0 aromatic rings. The first-order valence-corrected chi connectivity index (χ1v) is 5.90. The highest BCUT2D eigenvalue weighted by atomic mass is 19.4. The average Bonchev–Trinajstić information content (AvgIpc) is 2.22. The molecule has 0 spiro atoms. The molecule has 0 aliphatic heterocycles. The quantitative estimate of drug-likeness (QED) is 0.656. The van der Waals surface area contributed by atoms with Crippen LogP contribution in [0.2, 0.25) is 0 Å². The van der Waals surface area contributed by atoms with Crippen LogP contribution in [0.5, 0.6) is 0 Å². The fraction of sp³-hybridized carbons (Fsp3) is 0.909. The molecule has 1 atom stereocenters. The molecule has 108 valence electrons. The lowest BCUT2D eigenvalue weighted by molar-refractivity contribution is -0.174. The van der Waals surface area contributed by atoms with E-state index in [1.165, 1.54) is 0 Å². The molecule has 0 heterocycles. The Morgan fingerprint density at radius 2 is 2.00 bits per heavy atom. The molecule has 0 saturated heterocycles. The summed E-state index contributed by atoms with van der Waals surface area (Å²) in [6.07, 6.45) is -3.78. The van der Waals surface area contributed by atoms with E-state index in [2.05, 4.69) is 10.1 Å². The van der Waals surface area contributed by atoms with Crippen LogP contribution < -0.4 is 11.1 Å². The molecule has 0 saturated carbocycles. The van der Waals surface area contributed by atoms with Gasteiger partial charge in [-0.15, -0.1) is 0 Å². The fourth-order valence-electron chi connectivity index (χ4n) is 1.38. The van der Waals surface area contributed by atoms with Crippen molar-refractivity contribution in [1.82, 2.24) is 5.32 Å². The number of alkyl halides is 3. The van der Waals surface area contributed by atoms with Crippen molar-refractivity contribution >= 4 is 5.91 Å². The molecule has 0 aromatic carbocycles. The number of carbonyl (C=O) groups excluding carboxylic acids is 1. The monoisotopic (exact) mass is 270 g/mol. The van der Waals surface area contributed by atoms with E-state index in [1.807, 2.05) is 13.8 Å². The summed E-state index contributed by atoms with van der Waals surface area (Å²) in [5.74, 6) is -0.0853. The van der Waals surface area contributed by atoms with Gasteiger partial charge in [-0.1, -0.05) is 13.8 Å². The summed E-state index contributed by atoms with van der Waals surface area (Å²) in [6.45, 7) is 2.78. The minimum Gasteiger partial charge on any atom is -0.372 e. The number of hydrogen-bond donors (Lipinski definition) is 2. The van der Waals surface area contributed by atoms with Gasteiger partial charge in [-0.2, -0.15) is 13.2 Å². The normalized spacial score (nSPS) is 13.7. The van der Waals surface area contributed by atoms with Gasteiger partial charge in [0.25, 0.3) is 0 Å². The minimum atomic E-state index is -4.35. The Balaban J connectivity index is 3.82. The summed E-state index contributed by atoms with van der Waals surface area (Å²) in [6, 6.07) is -0.0508. The molecule has 0 radical (unpaired) electrons. The Bertz CT molecular complexity index is 245. The summed E-state index contributed by atoms with van der Waals surface area (Å²) in [4.78, 5) is 11.4. The second-order valence-electron chi connectivity index (χ2n) is 4.41. The predicted octanol–water partition coefficient (Wildman–Crippen LogP) is 1.45. The van der Waals surface area contributed by atoms with Gasteiger partial charge < -0.3 is 15.8 Å². The zero-order valence-electron chi connectivity index (χ0n) is 10.7. The Hall–Kier alpha value is -0.820. The second-order valence-corrected chi connectivity index (χ2v) is 4.41. The lowest BCUT2D eigenvalue weighted by Crippen LogP contribution is -2.40. The summed E-state index contributed by atoms with van der Waals surface area (Å²) < 4.78 is 39.6. The van der Waals surface area contributed by atoms with Gasteiger partial charge in [-0.25, -0.2) is 0 Å². The van der Waals surface area contributed by atoms with Crippen molar-refractivity contribution in [3.05, 3.63) is 0 Å². The maximum Gasteiger partial charge on any atom is 0.411 e. The zero-order valence-corrected chi connectivity index (χ0v) is 10.7. The van der Waals surface area contributed by atoms with Crippen molar-refractivity contribution in [1.29, 1.82) is 0 Å². The Kier molecular flexibility index (Phi) is 7.93. The summed E-state index contributed by atoms with van der Waals surface area (Å²) in [5.41, 5.74) is 5.41. The van der Waals surface area contributed by atoms with E-state index in [9.17, 15) is 18.0 Å². The van der Waals surface area contributed by atoms with Gasteiger partial charge in [-0.3, -0.25) is 4.79 Å². The van der Waals surface area contributed by atoms with Crippen LogP contribution in [0, 0.1) is 5.92 Å². The second kappa shape index (κ2) is 8.31. The first-order valence-electron chi connectivity index (χ1n) is 5.90. The molecule has 0 fully saturated rings. The van der Waals surface area contributed by atoms with Crippen LogP contribution in [0.1, 0.15) is 26.7 Å². The number of nitrogens with one attached hydrogen (secondary N) is 1. The Morgan fingerprint density at radius 1 is 1.39 bits per heavy atom. The van der Waals surface area contributed by atoms with Crippen LogP contribution >= 0.6 is 0 Å². The topological polar surface area (TPSA) is 64.3 Å². The third-order valence-electron chi connectivity index (χ3n) is 2.37. The van der Waals surface area contributed by atoms with Gasteiger partial charge in [0.05, 0.1) is 6.61 Å². The number of halogens is 3. The van der Waals surface area contributed by atoms with E-state index in [-0.39, 0.29) is 30.9 Å². The minimum absolute atomic E-state index is 0.0508. The molecular weight excluding hydrogens is 249 g/mol. The number of ether oxygens (including phenoxy) is 1. The van der Waals surface area contributed by atoms with Gasteiger partial charge in [0.1, 0.15) is 6.61 Å². The van der Waals surface area contributed by atoms with Crippen LogP contribution in [-0.2, 0) is 9.53 Å². The van der Waals surface area contributed by atoms with E-state index < -0.39 is 12.8 Å². The van der Waals surface area contributed by atoms with Crippen molar-refractivity contribution in [3.63, 3.8) is 0 Å². The molecule has 0 aromatic heterocycles. The van der Waals surface area contributed by atoms with E-state index in [4.69, 9.17) is 5.73 Å². The number of amides is 1. The fourth-order valence-corrected chi connectivity index (χ4v) is 1.38. The molecule has 4 nitrogen and oxygen atoms in total. The molecule has 0 aliphatic rings. The molecule has 3 N–H and O–H groups in total. The number of nitrogens with two attached hydrogens (primary N) is 1. The maximum atomic E-state index is 11.8. The van der Waals surface area contributed by atoms with E-state index in [0.717, 1.165) is 0 Å². The van der Waals surface area contributed by atoms with Crippen LogP contribution in [-0.4, -0.2) is 37.9 Å². The average molecular weight is 270 g/mol. The highest BCUT2D eigenvalue weighted by molar-refractivity contribution is 5.76. The van der Waals surface area contributed by atoms with Crippen LogP contribution in [0.3, 0.4) is 0 Å². The van der Waals surface area contributed by atoms with Crippen LogP contribution in [0.4, 0.5) is 13.2 Å². The van der Waals surface area contributed by atoms with Gasteiger partial charge in [-0.05, 0) is 18.9 Å². The Morgan fingerprint density at radius 3 is 2.44 bits per heavy atom. The number of rotatable bonds is 8. The van der Waals surface area contributed by atoms with Crippen molar-refractivity contribution < 1.29 is 22.7 Å². The van der Waals surface area contributed by atoms with Crippen molar-refractivity contribution in [2.75, 3.05) is 19.8 Å². The third-order valence-corrected chi connectivity index (χ3v) is 2.37. The SMILES string of the molecule is CC(C)C(CCN)NC(=O)CCOCC(F)(F)F. The zero-order chi connectivity index (χ0) is 14.2. The lowest BCUT2D eigenvalue weighted by Gasteiger charge is -2.21. The van der Waals surface area contributed by atoms with Crippen molar-refractivity contribution in [3.8, 4) is 0 Å². The molecule has 7 heteroatoms. The van der Waals surface area contributed by atoms with E-state index in [0.29, 0.717) is 13.0 Å². The predicted molar refractivity (Wildman–Crippen MR) is 61.9 cm³/mol. The molecular formula is C11H21F3N2O2. The van der Waals surface area contributed by atoms with Crippen LogP contribution in [0.15, 0.2) is 0 Å². The first kappa shape index (κ1) is 17.2. The van der Waals surface area contributed by atoms with Gasteiger partial charge in [0.15, 0.2) is 0 Å². The molecule has 18 heavy (non-hydrogen) atoms. The lowest BCUT2D eigenvalue weighted by atomic mass is 10.0. The van der Waals surface area contributed by atoms with E-state index in [1.54, 1.807) is 0 Å². The maximum absolute atomic E-state index is 11.8. The van der Waals surface area contributed by atoms with Gasteiger partial charge in [0.2, 0.25) is 5.91 Å². The summed E-state index contributed by atoms with van der Waals surface area (Å²) >= 11 is 0. The number of carbonyl (C=O) groups is 1.